The van der Waals surface area contributed by atoms with E-state index in [0.717, 1.165) is 18.5 Å². The van der Waals surface area contributed by atoms with Gasteiger partial charge in [0.2, 0.25) is 11.8 Å². The molecule has 0 saturated carbocycles. The highest BCUT2D eigenvalue weighted by atomic mass is 19.1. The van der Waals surface area contributed by atoms with Gasteiger partial charge in [-0.2, -0.15) is 0 Å². The van der Waals surface area contributed by atoms with Crippen LogP contribution in [0.25, 0.3) is 0 Å². The first-order chi connectivity index (χ1) is 9.98. The largest absolute Gasteiger partial charge is 0.326 e. The van der Waals surface area contributed by atoms with Crippen molar-refractivity contribution in [3.8, 4) is 0 Å². The molecule has 1 unspecified atom stereocenters. The number of fused-ring (bicyclic) bond motifs is 1. The lowest BCUT2D eigenvalue weighted by Crippen LogP contribution is -2.35. The normalized spacial score (nSPS) is 24.4. The van der Waals surface area contributed by atoms with Gasteiger partial charge in [-0.3, -0.25) is 9.59 Å². The van der Waals surface area contributed by atoms with Crippen molar-refractivity contribution in [2.75, 3.05) is 23.7 Å². The van der Waals surface area contributed by atoms with Gasteiger partial charge in [0.05, 0.1) is 11.1 Å². The molecule has 2 amide bonds. The average molecular weight is 291 g/mol. The molecule has 1 atom stereocenters. The van der Waals surface area contributed by atoms with Gasteiger partial charge in [-0.15, -0.1) is 0 Å². The molecule has 0 spiro atoms. The maximum atomic E-state index is 14.1. The monoisotopic (exact) mass is 291 g/mol. The van der Waals surface area contributed by atoms with E-state index < -0.39 is 11.2 Å². The Bertz CT molecular complexity index is 609. The Labute approximate surface area is 122 Å². The fourth-order valence-corrected chi connectivity index (χ4v) is 2.78. The SMILES string of the molecule is CC1(C(=O)Nc2cc3c(cc2F)CCC(=O)N3)CCNC1. The molecular weight excluding hydrogens is 273 g/mol. The predicted octanol–water partition coefficient (Wildman–Crippen LogP) is 1.65. The molecule has 21 heavy (non-hydrogen) atoms. The predicted molar refractivity (Wildman–Crippen MR) is 77.6 cm³/mol. The van der Waals surface area contributed by atoms with Crippen molar-refractivity contribution in [1.29, 1.82) is 0 Å². The summed E-state index contributed by atoms with van der Waals surface area (Å²) >= 11 is 0. The molecule has 0 aliphatic carbocycles. The molecule has 6 heteroatoms. The van der Waals surface area contributed by atoms with Gasteiger partial charge in [-0.25, -0.2) is 4.39 Å². The molecule has 112 valence electrons. The van der Waals surface area contributed by atoms with Crippen LogP contribution < -0.4 is 16.0 Å². The van der Waals surface area contributed by atoms with Crippen molar-refractivity contribution in [2.45, 2.75) is 26.2 Å². The number of rotatable bonds is 2. The van der Waals surface area contributed by atoms with Gasteiger partial charge in [0, 0.05) is 18.7 Å². The third-order valence-corrected chi connectivity index (χ3v) is 4.25. The van der Waals surface area contributed by atoms with E-state index in [1.807, 2.05) is 6.92 Å². The van der Waals surface area contributed by atoms with Crippen LogP contribution in [0.2, 0.25) is 0 Å². The van der Waals surface area contributed by atoms with E-state index in [0.29, 0.717) is 25.1 Å². The van der Waals surface area contributed by atoms with Gasteiger partial charge in [-0.05, 0) is 44.0 Å². The minimum Gasteiger partial charge on any atom is -0.326 e. The first-order valence-corrected chi connectivity index (χ1v) is 7.12. The second kappa shape index (κ2) is 5.11. The topological polar surface area (TPSA) is 70.2 Å². The quantitative estimate of drug-likeness (QED) is 0.776. The molecule has 0 aromatic heterocycles. The Morgan fingerprint density at radius 3 is 2.90 bits per heavy atom. The van der Waals surface area contributed by atoms with Crippen molar-refractivity contribution < 1.29 is 14.0 Å². The van der Waals surface area contributed by atoms with Crippen molar-refractivity contribution in [3.63, 3.8) is 0 Å². The summed E-state index contributed by atoms with van der Waals surface area (Å²) in [6.45, 7) is 3.23. The number of carbonyl (C=O) groups is 2. The Hall–Kier alpha value is -1.95. The van der Waals surface area contributed by atoms with Crippen LogP contribution in [-0.4, -0.2) is 24.9 Å². The van der Waals surface area contributed by atoms with E-state index in [9.17, 15) is 14.0 Å². The number of nitrogens with one attached hydrogen (secondary N) is 3. The van der Waals surface area contributed by atoms with Crippen LogP contribution >= 0.6 is 0 Å². The van der Waals surface area contributed by atoms with E-state index in [2.05, 4.69) is 16.0 Å². The summed E-state index contributed by atoms with van der Waals surface area (Å²) in [6, 6.07) is 2.89. The molecule has 1 aromatic carbocycles. The van der Waals surface area contributed by atoms with Gasteiger partial charge in [-0.1, -0.05) is 0 Å². The molecular formula is C15H18FN3O2. The van der Waals surface area contributed by atoms with Gasteiger partial charge < -0.3 is 16.0 Å². The van der Waals surface area contributed by atoms with Crippen LogP contribution in [0.3, 0.4) is 0 Å². The molecule has 1 aromatic rings. The summed E-state index contributed by atoms with van der Waals surface area (Å²) in [5, 5.41) is 8.50. The molecule has 0 radical (unpaired) electrons. The maximum absolute atomic E-state index is 14.1. The fraction of sp³-hybridized carbons (Fsp3) is 0.467. The second-order valence-corrected chi connectivity index (χ2v) is 5.98. The first kappa shape index (κ1) is 14.0. The summed E-state index contributed by atoms with van der Waals surface area (Å²) in [5.74, 6) is -0.750. The number of benzene rings is 1. The van der Waals surface area contributed by atoms with Crippen LogP contribution in [0, 0.1) is 11.2 Å². The summed E-state index contributed by atoms with van der Waals surface area (Å²) in [6.07, 6.45) is 1.61. The van der Waals surface area contributed by atoms with E-state index >= 15 is 0 Å². The number of halogens is 1. The summed E-state index contributed by atoms with van der Waals surface area (Å²) in [5.41, 5.74) is 0.941. The maximum Gasteiger partial charge on any atom is 0.231 e. The average Bonchev–Trinajstić information content (AvgIpc) is 2.88. The number of amides is 2. The summed E-state index contributed by atoms with van der Waals surface area (Å²) in [4.78, 5) is 23.7. The minimum atomic E-state index is -0.522. The zero-order chi connectivity index (χ0) is 15.0. The second-order valence-electron chi connectivity index (χ2n) is 5.98. The lowest BCUT2D eigenvalue weighted by molar-refractivity contribution is -0.123. The van der Waals surface area contributed by atoms with Crippen molar-refractivity contribution in [1.82, 2.24) is 5.32 Å². The van der Waals surface area contributed by atoms with Crippen LogP contribution in [-0.2, 0) is 16.0 Å². The molecule has 1 fully saturated rings. The van der Waals surface area contributed by atoms with Crippen LogP contribution in [0.4, 0.5) is 15.8 Å². The third kappa shape index (κ3) is 2.63. The van der Waals surface area contributed by atoms with Gasteiger partial charge in [0.15, 0.2) is 0 Å². The molecule has 3 N–H and O–H groups in total. The lowest BCUT2D eigenvalue weighted by Gasteiger charge is -2.23. The number of aryl methyl sites for hydroxylation is 1. The number of carbonyl (C=O) groups excluding carboxylic acids is 2. The van der Waals surface area contributed by atoms with Crippen LogP contribution in [0.15, 0.2) is 12.1 Å². The lowest BCUT2D eigenvalue weighted by atomic mass is 9.88. The van der Waals surface area contributed by atoms with Crippen molar-refractivity contribution in [2.24, 2.45) is 5.41 Å². The molecule has 2 heterocycles. The van der Waals surface area contributed by atoms with Crippen molar-refractivity contribution in [3.05, 3.63) is 23.5 Å². The smallest absolute Gasteiger partial charge is 0.231 e. The van der Waals surface area contributed by atoms with E-state index in [4.69, 9.17) is 0 Å². The minimum absolute atomic E-state index is 0.0849. The molecule has 2 aliphatic heterocycles. The van der Waals surface area contributed by atoms with E-state index in [-0.39, 0.29) is 17.5 Å². The molecule has 2 aliphatic rings. The Morgan fingerprint density at radius 2 is 2.19 bits per heavy atom. The fourth-order valence-electron chi connectivity index (χ4n) is 2.78. The molecule has 1 saturated heterocycles. The van der Waals surface area contributed by atoms with Gasteiger partial charge in [0.25, 0.3) is 0 Å². The number of anilines is 2. The highest BCUT2D eigenvalue weighted by Crippen LogP contribution is 2.31. The number of hydrogen-bond donors (Lipinski definition) is 3. The Morgan fingerprint density at radius 1 is 1.38 bits per heavy atom. The zero-order valence-corrected chi connectivity index (χ0v) is 11.9. The zero-order valence-electron chi connectivity index (χ0n) is 11.9. The standard InChI is InChI=1S/C15H18FN3O2/c1-15(4-5-17-8-15)14(21)19-12-7-11-9(6-10(12)16)2-3-13(20)18-11/h6-7,17H,2-5,8H2,1H3,(H,18,20)(H,19,21). The highest BCUT2D eigenvalue weighted by Gasteiger charge is 2.36. The first-order valence-electron chi connectivity index (χ1n) is 7.12. The Balaban J connectivity index is 1.84. The van der Waals surface area contributed by atoms with Gasteiger partial charge >= 0.3 is 0 Å². The summed E-state index contributed by atoms with van der Waals surface area (Å²) < 4.78 is 14.1. The molecule has 0 bridgehead atoms. The van der Waals surface area contributed by atoms with Crippen molar-refractivity contribution >= 4 is 23.2 Å². The highest BCUT2D eigenvalue weighted by molar-refractivity contribution is 5.98. The van der Waals surface area contributed by atoms with Crippen LogP contribution in [0.5, 0.6) is 0 Å². The van der Waals surface area contributed by atoms with E-state index in [1.165, 1.54) is 12.1 Å². The van der Waals surface area contributed by atoms with Crippen LogP contribution in [0.1, 0.15) is 25.3 Å². The third-order valence-electron chi connectivity index (χ3n) is 4.25. The van der Waals surface area contributed by atoms with Gasteiger partial charge in [0.1, 0.15) is 5.82 Å². The Kier molecular flexibility index (Phi) is 3.41. The summed E-state index contributed by atoms with van der Waals surface area (Å²) in [7, 11) is 0. The number of hydrogen-bond acceptors (Lipinski definition) is 3. The van der Waals surface area contributed by atoms with E-state index in [1.54, 1.807) is 0 Å². The molecule has 5 nitrogen and oxygen atoms in total. The molecule has 3 rings (SSSR count).